The topological polar surface area (TPSA) is 15.3 Å². The summed E-state index contributed by atoms with van der Waals surface area (Å²) in [4.78, 5) is 2.78. The van der Waals surface area contributed by atoms with Crippen molar-refractivity contribution in [1.29, 1.82) is 0 Å². The van der Waals surface area contributed by atoms with Crippen molar-refractivity contribution in [3.8, 4) is 0 Å². The predicted molar refractivity (Wildman–Crippen MR) is 82.4 cm³/mol. The molecular formula is C15H30N2S. The van der Waals surface area contributed by atoms with Crippen LogP contribution < -0.4 is 5.32 Å². The molecule has 0 aliphatic carbocycles. The lowest BCUT2D eigenvalue weighted by molar-refractivity contribution is 0.101. The van der Waals surface area contributed by atoms with Crippen LogP contribution in [0.15, 0.2) is 0 Å². The molecule has 0 spiro atoms. The largest absolute Gasteiger partial charge is 0.311 e. The maximum Gasteiger partial charge on any atom is 0.0259 e. The number of hydrogen-bond donors (Lipinski definition) is 1. The summed E-state index contributed by atoms with van der Waals surface area (Å²) in [6.07, 6.45) is 4.10. The molecule has 106 valence electrons. The molecule has 0 amide bonds. The Morgan fingerprint density at radius 3 is 2.78 bits per heavy atom. The summed E-state index contributed by atoms with van der Waals surface area (Å²) in [7, 11) is 0. The summed E-state index contributed by atoms with van der Waals surface area (Å²) in [6.45, 7) is 13.2. The zero-order chi connectivity index (χ0) is 13.2. The van der Waals surface area contributed by atoms with Crippen molar-refractivity contribution < 1.29 is 0 Å². The average molecular weight is 270 g/mol. The number of nitrogens with zero attached hydrogens (tertiary/aromatic N) is 1. The second-order valence-electron chi connectivity index (χ2n) is 6.65. The second kappa shape index (κ2) is 6.15. The fourth-order valence-corrected chi connectivity index (χ4v) is 4.64. The first-order valence-electron chi connectivity index (χ1n) is 7.65. The molecule has 3 unspecified atom stereocenters. The first-order valence-corrected chi connectivity index (χ1v) is 8.64. The van der Waals surface area contributed by atoms with E-state index in [9.17, 15) is 0 Å². The first-order chi connectivity index (χ1) is 8.54. The third-order valence-electron chi connectivity index (χ3n) is 4.68. The summed E-state index contributed by atoms with van der Waals surface area (Å²) in [5, 5.41) is 3.74. The molecule has 2 fully saturated rings. The molecule has 2 aliphatic rings. The smallest absolute Gasteiger partial charge is 0.0259 e. The van der Waals surface area contributed by atoms with Crippen molar-refractivity contribution in [2.24, 2.45) is 5.92 Å². The molecule has 3 heteroatoms. The summed E-state index contributed by atoms with van der Waals surface area (Å²) in [5.74, 6) is 2.11. The van der Waals surface area contributed by atoms with Gasteiger partial charge in [0.05, 0.1) is 0 Å². The van der Waals surface area contributed by atoms with Gasteiger partial charge in [-0.2, -0.15) is 11.8 Å². The van der Waals surface area contributed by atoms with Gasteiger partial charge in [0.1, 0.15) is 0 Å². The molecule has 0 saturated carbocycles. The molecule has 2 saturated heterocycles. The van der Waals surface area contributed by atoms with Crippen LogP contribution in [0.25, 0.3) is 0 Å². The zero-order valence-corrected chi connectivity index (χ0v) is 13.4. The lowest BCUT2D eigenvalue weighted by Gasteiger charge is -2.44. The molecule has 0 aromatic carbocycles. The highest BCUT2D eigenvalue weighted by Gasteiger charge is 2.36. The number of piperazine rings is 1. The van der Waals surface area contributed by atoms with Gasteiger partial charge >= 0.3 is 0 Å². The van der Waals surface area contributed by atoms with Gasteiger partial charge in [0, 0.05) is 36.5 Å². The van der Waals surface area contributed by atoms with Gasteiger partial charge < -0.3 is 5.32 Å². The minimum absolute atomic E-state index is 0.520. The number of thioether (sulfide) groups is 1. The number of rotatable bonds is 4. The van der Waals surface area contributed by atoms with Gasteiger partial charge in [0.2, 0.25) is 0 Å². The molecule has 2 aliphatic heterocycles. The fourth-order valence-electron chi connectivity index (χ4n) is 3.32. The molecule has 2 nitrogen and oxygen atoms in total. The number of nitrogens with one attached hydrogen (secondary N) is 1. The zero-order valence-electron chi connectivity index (χ0n) is 12.5. The summed E-state index contributed by atoms with van der Waals surface area (Å²) in [6, 6.07) is 1.43. The Bertz CT molecular complexity index is 261. The van der Waals surface area contributed by atoms with E-state index < -0.39 is 0 Å². The maximum atomic E-state index is 3.74. The molecule has 2 heterocycles. The van der Waals surface area contributed by atoms with Gasteiger partial charge in [-0.3, -0.25) is 4.90 Å². The van der Waals surface area contributed by atoms with E-state index in [1.807, 2.05) is 0 Å². The van der Waals surface area contributed by atoms with E-state index in [-0.39, 0.29) is 0 Å². The van der Waals surface area contributed by atoms with E-state index in [1.54, 1.807) is 0 Å². The summed E-state index contributed by atoms with van der Waals surface area (Å²) in [5.41, 5.74) is 0. The fraction of sp³-hybridized carbons (Fsp3) is 1.00. The van der Waals surface area contributed by atoms with E-state index in [0.29, 0.717) is 10.8 Å². The Hall–Kier alpha value is 0.270. The molecule has 1 N–H and O–H groups in total. The molecule has 3 atom stereocenters. The van der Waals surface area contributed by atoms with Crippen molar-refractivity contribution in [3.05, 3.63) is 0 Å². The van der Waals surface area contributed by atoms with E-state index in [4.69, 9.17) is 0 Å². The van der Waals surface area contributed by atoms with Gasteiger partial charge in [-0.1, -0.05) is 20.8 Å². The van der Waals surface area contributed by atoms with Crippen LogP contribution in [0.5, 0.6) is 0 Å². The van der Waals surface area contributed by atoms with Crippen LogP contribution in [-0.2, 0) is 0 Å². The van der Waals surface area contributed by atoms with Gasteiger partial charge in [0.25, 0.3) is 0 Å². The molecule has 0 radical (unpaired) electrons. The Labute approximate surface area is 117 Å². The summed E-state index contributed by atoms with van der Waals surface area (Å²) >= 11 is 2.20. The van der Waals surface area contributed by atoms with Gasteiger partial charge in [-0.15, -0.1) is 0 Å². The second-order valence-corrected chi connectivity index (χ2v) is 8.33. The Balaban J connectivity index is 1.97. The standard InChI is InChI=1S/C15H30N2S/c1-5-13-9-16-14(12(2)3)10-17(13)11-15(4)7-6-8-18-15/h12-14,16H,5-11H2,1-4H3. The van der Waals surface area contributed by atoms with Crippen LogP contribution in [0.4, 0.5) is 0 Å². The highest BCUT2D eigenvalue weighted by atomic mass is 32.2. The quantitative estimate of drug-likeness (QED) is 0.845. The highest BCUT2D eigenvalue weighted by molar-refractivity contribution is 8.00. The maximum absolute atomic E-state index is 3.74. The highest BCUT2D eigenvalue weighted by Crippen LogP contribution is 2.39. The minimum atomic E-state index is 0.520. The van der Waals surface area contributed by atoms with Gasteiger partial charge in [-0.25, -0.2) is 0 Å². The third-order valence-corrected chi connectivity index (χ3v) is 6.20. The minimum Gasteiger partial charge on any atom is -0.311 e. The average Bonchev–Trinajstić information content (AvgIpc) is 2.75. The SMILES string of the molecule is CCC1CNC(C(C)C)CN1CC1(C)CCCS1. The lowest BCUT2D eigenvalue weighted by Crippen LogP contribution is -2.60. The van der Waals surface area contributed by atoms with Crippen LogP contribution >= 0.6 is 11.8 Å². The van der Waals surface area contributed by atoms with E-state index >= 15 is 0 Å². The van der Waals surface area contributed by atoms with Crippen LogP contribution in [0.2, 0.25) is 0 Å². The van der Waals surface area contributed by atoms with Crippen molar-refractivity contribution >= 4 is 11.8 Å². The van der Waals surface area contributed by atoms with Crippen LogP contribution in [0.3, 0.4) is 0 Å². The lowest BCUT2D eigenvalue weighted by atomic mass is 9.96. The van der Waals surface area contributed by atoms with Crippen molar-refractivity contribution in [2.45, 2.75) is 63.8 Å². The van der Waals surface area contributed by atoms with Crippen LogP contribution in [0, 0.1) is 5.92 Å². The predicted octanol–water partition coefficient (Wildman–Crippen LogP) is 2.98. The van der Waals surface area contributed by atoms with Crippen LogP contribution in [-0.4, -0.2) is 47.1 Å². The molecular weight excluding hydrogens is 240 g/mol. The van der Waals surface area contributed by atoms with E-state index in [1.165, 1.54) is 44.6 Å². The molecule has 2 rings (SSSR count). The molecule has 0 aromatic rings. The Morgan fingerprint density at radius 2 is 2.22 bits per heavy atom. The first kappa shape index (κ1) is 14.7. The Kier molecular flexibility index (Phi) is 5.01. The van der Waals surface area contributed by atoms with Crippen molar-refractivity contribution in [3.63, 3.8) is 0 Å². The van der Waals surface area contributed by atoms with Gasteiger partial charge in [0.15, 0.2) is 0 Å². The van der Waals surface area contributed by atoms with E-state index in [2.05, 4.69) is 49.7 Å². The molecule has 0 aromatic heterocycles. The summed E-state index contributed by atoms with van der Waals surface area (Å²) < 4.78 is 0.520. The molecule has 18 heavy (non-hydrogen) atoms. The van der Waals surface area contributed by atoms with Gasteiger partial charge in [-0.05, 0) is 37.9 Å². The molecule has 0 bridgehead atoms. The normalized spacial score (nSPS) is 38.5. The van der Waals surface area contributed by atoms with E-state index in [0.717, 1.165) is 12.0 Å². The van der Waals surface area contributed by atoms with Crippen molar-refractivity contribution in [1.82, 2.24) is 10.2 Å². The monoisotopic (exact) mass is 270 g/mol. The third kappa shape index (κ3) is 3.43. The number of hydrogen-bond acceptors (Lipinski definition) is 3. The Morgan fingerprint density at radius 1 is 1.44 bits per heavy atom. The van der Waals surface area contributed by atoms with Crippen molar-refractivity contribution in [2.75, 3.05) is 25.4 Å². The van der Waals surface area contributed by atoms with Crippen LogP contribution in [0.1, 0.15) is 47.0 Å².